The first-order valence-corrected chi connectivity index (χ1v) is 6.20. The fourth-order valence-electron chi connectivity index (χ4n) is 2.26. The fourth-order valence-corrected chi connectivity index (χ4v) is 2.26. The molecule has 2 aromatic carbocycles. The summed E-state index contributed by atoms with van der Waals surface area (Å²) in [6.07, 6.45) is 0. The van der Waals surface area contributed by atoms with Crippen LogP contribution >= 0.6 is 0 Å². The average molecular weight is 266 g/mol. The number of hydrogen-bond acceptors (Lipinski definition) is 3. The van der Waals surface area contributed by atoms with E-state index in [1.165, 1.54) is 0 Å². The summed E-state index contributed by atoms with van der Waals surface area (Å²) in [6.45, 7) is 0. The Bertz CT molecular complexity index is 790. The summed E-state index contributed by atoms with van der Waals surface area (Å²) in [7, 11) is 1.97. The zero-order valence-corrected chi connectivity index (χ0v) is 11.0. The summed E-state index contributed by atoms with van der Waals surface area (Å²) in [5, 5.41) is 11.7. The predicted octanol–water partition coefficient (Wildman–Crippen LogP) is 2.33. The molecular formula is C15H14N4O. The van der Waals surface area contributed by atoms with Gasteiger partial charge in [-0.2, -0.15) is 0 Å². The van der Waals surface area contributed by atoms with Gasteiger partial charge in [-0.3, -0.25) is 0 Å². The van der Waals surface area contributed by atoms with Gasteiger partial charge in [0.25, 0.3) is 0 Å². The first-order valence-electron chi connectivity index (χ1n) is 6.20. The molecule has 0 bridgehead atoms. The van der Waals surface area contributed by atoms with Crippen molar-refractivity contribution < 1.29 is 5.21 Å². The van der Waals surface area contributed by atoms with E-state index in [1.807, 2.05) is 60.1 Å². The summed E-state index contributed by atoms with van der Waals surface area (Å²) in [5.74, 6) is 0.969. The molecule has 0 spiro atoms. The van der Waals surface area contributed by atoms with Gasteiger partial charge in [-0.05, 0) is 18.2 Å². The standard InChI is InChI=1S/C15H14N4O/c1-19-13-8-7-11(14(16)18-20)9-12(13)17-15(19)10-5-3-2-4-6-10/h2-9,20H,1H3,(H2,16,18). The second kappa shape index (κ2) is 4.70. The second-order valence-corrected chi connectivity index (χ2v) is 4.55. The minimum atomic E-state index is 0.0822. The van der Waals surface area contributed by atoms with Crippen LogP contribution in [0.5, 0.6) is 0 Å². The van der Waals surface area contributed by atoms with E-state index in [4.69, 9.17) is 10.9 Å². The summed E-state index contributed by atoms with van der Waals surface area (Å²) < 4.78 is 2.03. The Morgan fingerprint density at radius 1 is 1.20 bits per heavy atom. The Labute approximate surface area is 116 Å². The number of aryl methyl sites for hydroxylation is 1. The van der Waals surface area contributed by atoms with E-state index >= 15 is 0 Å². The van der Waals surface area contributed by atoms with E-state index in [2.05, 4.69) is 10.1 Å². The second-order valence-electron chi connectivity index (χ2n) is 4.55. The summed E-state index contributed by atoms with van der Waals surface area (Å²) in [4.78, 5) is 4.63. The largest absolute Gasteiger partial charge is 0.409 e. The van der Waals surface area contributed by atoms with Gasteiger partial charge in [0.2, 0.25) is 0 Å². The first kappa shape index (κ1) is 12.2. The van der Waals surface area contributed by atoms with Crippen molar-refractivity contribution in [1.82, 2.24) is 9.55 Å². The quantitative estimate of drug-likeness (QED) is 0.323. The van der Waals surface area contributed by atoms with Crippen molar-refractivity contribution in [3.8, 4) is 11.4 Å². The maximum absolute atomic E-state index is 8.74. The van der Waals surface area contributed by atoms with Crippen molar-refractivity contribution in [2.24, 2.45) is 17.9 Å². The van der Waals surface area contributed by atoms with Crippen LogP contribution in [-0.4, -0.2) is 20.6 Å². The van der Waals surface area contributed by atoms with Crippen molar-refractivity contribution >= 4 is 16.9 Å². The summed E-state index contributed by atoms with van der Waals surface area (Å²) >= 11 is 0. The van der Waals surface area contributed by atoms with Gasteiger partial charge in [-0.15, -0.1) is 0 Å². The number of nitrogens with two attached hydrogens (primary N) is 1. The third kappa shape index (κ3) is 1.89. The van der Waals surface area contributed by atoms with E-state index in [9.17, 15) is 0 Å². The molecule has 0 aliphatic carbocycles. The van der Waals surface area contributed by atoms with Gasteiger partial charge in [0.15, 0.2) is 5.84 Å². The van der Waals surface area contributed by atoms with Crippen molar-refractivity contribution in [1.29, 1.82) is 0 Å². The molecule has 3 N–H and O–H groups in total. The Morgan fingerprint density at radius 2 is 1.95 bits per heavy atom. The van der Waals surface area contributed by atoms with Crippen LogP contribution in [0.25, 0.3) is 22.4 Å². The minimum Gasteiger partial charge on any atom is -0.409 e. The molecule has 1 aromatic heterocycles. The van der Waals surface area contributed by atoms with Crippen LogP contribution in [0.4, 0.5) is 0 Å². The van der Waals surface area contributed by atoms with E-state index in [1.54, 1.807) is 0 Å². The van der Waals surface area contributed by atoms with Crippen LogP contribution in [0.15, 0.2) is 53.7 Å². The maximum atomic E-state index is 8.74. The molecule has 5 nitrogen and oxygen atoms in total. The molecule has 0 fully saturated rings. The Hall–Kier alpha value is -2.82. The number of rotatable bonds is 2. The molecule has 1 heterocycles. The lowest BCUT2D eigenvalue weighted by Crippen LogP contribution is -2.12. The van der Waals surface area contributed by atoms with E-state index in [0.717, 1.165) is 22.4 Å². The number of amidine groups is 1. The lowest BCUT2D eigenvalue weighted by molar-refractivity contribution is 0.318. The molecule has 0 aliphatic heterocycles. The molecule has 5 heteroatoms. The fraction of sp³-hybridized carbons (Fsp3) is 0.0667. The lowest BCUT2D eigenvalue weighted by atomic mass is 10.2. The maximum Gasteiger partial charge on any atom is 0.170 e. The smallest absolute Gasteiger partial charge is 0.170 e. The minimum absolute atomic E-state index is 0.0822. The van der Waals surface area contributed by atoms with Gasteiger partial charge in [-0.25, -0.2) is 4.98 Å². The number of benzene rings is 2. The lowest BCUT2D eigenvalue weighted by Gasteiger charge is -2.02. The van der Waals surface area contributed by atoms with E-state index in [0.29, 0.717) is 5.56 Å². The van der Waals surface area contributed by atoms with Gasteiger partial charge in [0.05, 0.1) is 11.0 Å². The van der Waals surface area contributed by atoms with Crippen molar-refractivity contribution in [3.05, 3.63) is 54.1 Å². The molecule has 0 atom stereocenters. The molecular weight excluding hydrogens is 252 g/mol. The summed E-state index contributed by atoms with van der Waals surface area (Å²) in [6, 6.07) is 15.5. The predicted molar refractivity (Wildman–Crippen MR) is 78.7 cm³/mol. The van der Waals surface area contributed by atoms with Crippen LogP contribution in [0.1, 0.15) is 5.56 Å². The molecule has 0 radical (unpaired) electrons. The van der Waals surface area contributed by atoms with Crippen LogP contribution in [0.3, 0.4) is 0 Å². The third-order valence-electron chi connectivity index (χ3n) is 3.32. The van der Waals surface area contributed by atoms with Crippen LogP contribution in [-0.2, 0) is 7.05 Å². The van der Waals surface area contributed by atoms with Crippen molar-refractivity contribution in [2.75, 3.05) is 0 Å². The van der Waals surface area contributed by atoms with Crippen LogP contribution < -0.4 is 5.73 Å². The van der Waals surface area contributed by atoms with Crippen molar-refractivity contribution in [3.63, 3.8) is 0 Å². The zero-order chi connectivity index (χ0) is 14.1. The third-order valence-corrected chi connectivity index (χ3v) is 3.32. The first-order chi connectivity index (χ1) is 9.70. The molecule has 0 unspecified atom stereocenters. The van der Waals surface area contributed by atoms with Gasteiger partial charge < -0.3 is 15.5 Å². The highest BCUT2D eigenvalue weighted by atomic mass is 16.4. The molecule has 3 rings (SSSR count). The highest BCUT2D eigenvalue weighted by Crippen LogP contribution is 2.24. The van der Waals surface area contributed by atoms with Crippen LogP contribution in [0.2, 0.25) is 0 Å². The number of aromatic nitrogens is 2. The molecule has 100 valence electrons. The molecule has 0 saturated heterocycles. The van der Waals surface area contributed by atoms with E-state index < -0.39 is 0 Å². The molecule has 0 amide bonds. The number of hydrogen-bond donors (Lipinski definition) is 2. The highest BCUT2D eigenvalue weighted by Gasteiger charge is 2.10. The number of oxime groups is 1. The normalized spacial score (nSPS) is 11.9. The Balaban J connectivity index is 2.20. The van der Waals surface area contributed by atoms with E-state index in [-0.39, 0.29) is 5.84 Å². The zero-order valence-electron chi connectivity index (χ0n) is 11.0. The summed E-state index contributed by atoms with van der Waals surface area (Å²) in [5.41, 5.74) is 9.12. The number of fused-ring (bicyclic) bond motifs is 1. The van der Waals surface area contributed by atoms with Crippen LogP contribution in [0, 0.1) is 0 Å². The SMILES string of the molecule is Cn1c(-c2ccccc2)nc2cc(/C(N)=N/O)ccc21. The highest BCUT2D eigenvalue weighted by molar-refractivity contribution is 6.00. The van der Waals surface area contributed by atoms with Gasteiger partial charge >= 0.3 is 0 Å². The van der Waals surface area contributed by atoms with Gasteiger partial charge in [0, 0.05) is 18.2 Å². The number of nitrogens with zero attached hydrogens (tertiary/aromatic N) is 3. The van der Waals surface area contributed by atoms with Gasteiger partial charge in [0.1, 0.15) is 5.82 Å². The molecule has 0 saturated carbocycles. The molecule has 0 aliphatic rings. The topological polar surface area (TPSA) is 76.4 Å². The number of imidazole rings is 1. The molecule has 3 aromatic rings. The van der Waals surface area contributed by atoms with Crippen molar-refractivity contribution in [2.45, 2.75) is 0 Å². The Kier molecular flexibility index (Phi) is 2.87. The Morgan fingerprint density at radius 3 is 2.65 bits per heavy atom. The molecule has 20 heavy (non-hydrogen) atoms. The van der Waals surface area contributed by atoms with Gasteiger partial charge in [-0.1, -0.05) is 35.5 Å². The monoisotopic (exact) mass is 266 g/mol. The average Bonchev–Trinajstić information content (AvgIpc) is 2.84.